The van der Waals surface area contributed by atoms with Gasteiger partial charge in [0.25, 0.3) is 0 Å². The Labute approximate surface area is 268 Å². The van der Waals surface area contributed by atoms with Gasteiger partial charge in [0.1, 0.15) is 24.0 Å². The molecule has 10 nitrogen and oxygen atoms in total. The summed E-state index contributed by atoms with van der Waals surface area (Å²) in [6.45, 7) is 5.37. The number of halogens is 1. The van der Waals surface area contributed by atoms with E-state index >= 15 is 0 Å². The van der Waals surface area contributed by atoms with Gasteiger partial charge in [0.05, 0.1) is 24.2 Å². The maximum absolute atomic E-state index is 13.3. The molecule has 2 N–H and O–H groups in total. The number of cyclic esters (lactones) is 2. The van der Waals surface area contributed by atoms with Crippen molar-refractivity contribution in [1.29, 1.82) is 0 Å². The Balaban J connectivity index is 1.54. The highest BCUT2D eigenvalue weighted by Gasteiger charge is 2.42. The van der Waals surface area contributed by atoms with Gasteiger partial charge in [0.2, 0.25) is 11.8 Å². The number of ether oxygens (including phenoxy) is 4. The zero-order valence-electron chi connectivity index (χ0n) is 26.0. The molecule has 2 heterocycles. The van der Waals surface area contributed by atoms with Gasteiger partial charge in [-0.15, -0.1) is 0 Å². The summed E-state index contributed by atoms with van der Waals surface area (Å²) in [6.07, 6.45) is 1.90. The molecule has 45 heavy (non-hydrogen) atoms. The first-order chi connectivity index (χ1) is 21.5. The fourth-order valence-electron chi connectivity index (χ4n) is 5.12. The first kappa shape index (κ1) is 34.0. The van der Waals surface area contributed by atoms with E-state index in [1.54, 1.807) is 31.2 Å². The van der Waals surface area contributed by atoms with Crippen molar-refractivity contribution >= 4 is 35.4 Å². The third-order valence-electron chi connectivity index (χ3n) is 7.64. The summed E-state index contributed by atoms with van der Waals surface area (Å²) in [5.74, 6) is -2.51. The second-order valence-electron chi connectivity index (χ2n) is 11.9. The summed E-state index contributed by atoms with van der Waals surface area (Å²) >= 11 is 6.29. The fourth-order valence-corrected chi connectivity index (χ4v) is 5.40. The summed E-state index contributed by atoms with van der Waals surface area (Å²) in [5.41, 5.74) is 1.73. The SMILES string of the molecule is COc1ccc(C[C@H]2NC(=O)C=CC[C@@H](C[C@H]3O[C@@H]3c3ccccc3)OC(=O)[C@H](CC(C)C)OC(=O)[C@H](C)CNC2=O)cc1Cl. The van der Waals surface area contributed by atoms with Crippen molar-refractivity contribution < 1.29 is 38.1 Å². The van der Waals surface area contributed by atoms with E-state index in [4.69, 9.17) is 30.5 Å². The maximum Gasteiger partial charge on any atom is 0.347 e. The van der Waals surface area contributed by atoms with Crippen LogP contribution in [0.3, 0.4) is 0 Å². The predicted molar refractivity (Wildman–Crippen MR) is 167 cm³/mol. The number of hydrogen-bond acceptors (Lipinski definition) is 8. The van der Waals surface area contributed by atoms with E-state index in [1.807, 2.05) is 44.2 Å². The van der Waals surface area contributed by atoms with Crippen LogP contribution < -0.4 is 15.4 Å². The number of amides is 2. The molecule has 2 amide bonds. The number of carbonyl (C=O) groups is 4. The van der Waals surface area contributed by atoms with E-state index in [0.717, 1.165) is 5.56 Å². The van der Waals surface area contributed by atoms with Crippen LogP contribution in [0.1, 0.15) is 57.3 Å². The van der Waals surface area contributed by atoms with E-state index in [2.05, 4.69) is 10.6 Å². The van der Waals surface area contributed by atoms with Crippen LogP contribution in [0.4, 0.5) is 0 Å². The van der Waals surface area contributed by atoms with Crippen LogP contribution in [0.25, 0.3) is 0 Å². The smallest absolute Gasteiger partial charge is 0.347 e. The van der Waals surface area contributed by atoms with Crippen LogP contribution in [0, 0.1) is 11.8 Å². The van der Waals surface area contributed by atoms with Gasteiger partial charge in [0.15, 0.2) is 6.10 Å². The van der Waals surface area contributed by atoms with Gasteiger partial charge in [-0.05, 0) is 41.7 Å². The van der Waals surface area contributed by atoms with Crippen molar-refractivity contribution in [3.63, 3.8) is 0 Å². The lowest BCUT2D eigenvalue weighted by atomic mass is 10.0. The Bertz CT molecular complexity index is 1380. The van der Waals surface area contributed by atoms with Crippen LogP contribution in [-0.2, 0) is 39.8 Å². The maximum atomic E-state index is 13.3. The second kappa shape index (κ2) is 15.9. The van der Waals surface area contributed by atoms with Crippen molar-refractivity contribution in [2.45, 2.75) is 76.9 Å². The van der Waals surface area contributed by atoms with E-state index in [0.29, 0.717) is 22.8 Å². The molecule has 2 aliphatic heterocycles. The highest BCUT2D eigenvalue weighted by atomic mass is 35.5. The van der Waals surface area contributed by atoms with Gasteiger partial charge < -0.3 is 29.6 Å². The van der Waals surface area contributed by atoms with Crippen LogP contribution in [0.2, 0.25) is 5.02 Å². The molecule has 0 aliphatic carbocycles. The van der Waals surface area contributed by atoms with Crippen LogP contribution in [0.15, 0.2) is 60.7 Å². The zero-order chi connectivity index (χ0) is 32.5. The number of rotatable bonds is 8. The number of hydrogen-bond donors (Lipinski definition) is 2. The molecular formula is C34H41ClN2O8. The van der Waals surface area contributed by atoms with Crippen molar-refractivity contribution in [1.82, 2.24) is 10.6 Å². The van der Waals surface area contributed by atoms with Gasteiger partial charge >= 0.3 is 11.9 Å². The molecule has 0 radical (unpaired) electrons. The van der Waals surface area contributed by atoms with Crippen LogP contribution in [-0.4, -0.2) is 61.8 Å². The average Bonchev–Trinajstić information content (AvgIpc) is 3.77. The summed E-state index contributed by atoms with van der Waals surface area (Å²) in [5, 5.41) is 5.84. The van der Waals surface area contributed by atoms with E-state index < -0.39 is 47.9 Å². The molecule has 0 unspecified atom stereocenters. The van der Waals surface area contributed by atoms with Gasteiger partial charge in [-0.3, -0.25) is 14.4 Å². The lowest BCUT2D eigenvalue weighted by Gasteiger charge is -2.24. The molecule has 11 heteroatoms. The Kier molecular flexibility index (Phi) is 12.0. The standard InChI is InChI=1S/C34H41ClN2O8/c1-20(2)15-29-34(41)43-24(18-28-31(44-28)23-9-6-5-7-10-23)11-8-12-30(38)37-26(32(39)36-19-21(3)33(40)45-29)17-22-13-14-27(42-4)25(35)16-22/h5-10,12-14,16,20-21,24,26,28-29,31H,11,15,17-19H2,1-4H3,(H,36,39)(H,37,38)/t21-,24+,26-,28-,29+,31-/m1/s1. The van der Waals surface area contributed by atoms with Gasteiger partial charge in [-0.1, -0.05) is 74.8 Å². The molecule has 0 spiro atoms. The Morgan fingerprint density at radius 2 is 1.78 bits per heavy atom. The Hall–Kier alpha value is -3.89. The third-order valence-corrected chi connectivity index (χ3v) is 7.93. The number of benzene rings is 2. The quantitative estimate of drug-likeness (QED) is 0.319. The molecular weight excluding hydrogens is 600 g/mol. The predicted octanol–water partition coefficient (Wildman–Crippen LogP) is 4.49. The highest BCUT2D eigenvalue weighted by molar-refractivity contribution is 6.32. The van der Waals surface area contributed by atoms with Crippen molar-refractivity contribution in [2.24, 2.45) is 11.8 Å². The molecule has 2 aromatic rings. The number of epoxide rings is 1. The van der Waals surface area contributed by atoms with E-state index in [-0.39, 0.29) is 43.9 Å². The summed E-state index contributed by atoms with van der Waals surface area (Å²) in [4.78, 5) is 52.6. The molecule has 1 fully saturated rings. The number of methoxy groups -OCH3 is 1. The molecule has 0 saturated carbocycles. The van der Waals surface area contributed by atoms with Crippen molar-refractivity contribution in [3.8, 4) is 5.75 Å². The molecule has 1 saturated heterocycles. The molecule has 242 valence electrons. The molecule has 0 bridgehead atoms. The molecule has 2 aromatic carbocycles. The summed E-state index contributed by atoms with van der Waals surface area (Å²) in [7, 11) is 1.50. The molecule has 4 rings (SSSR count). The third kappa shape index (κ3) is 10.1. The van der Waals surface area contributed by atoms with Gasteiger partial charge in [-0.2, -0.15) is 0 Å². The topological polar surface area (TPSA) is 133 Å². The number of nitrogens with one attached hydrogen (secondary N) is 2. The van der Waals surface area contributed by atoms with Crippen LogP contribution >= 0.6 is 11.6 Å². The number of esters is 2. The average molecular weight is 641 g/mol. The van der Waals surface area contributed by atoms with Gasteiger partial charge in [0, 0.05) is 25.8 Å². The minimum absolute atomic E-state index is 0.0411. The van der Waals surface area contributed by atoms with Crippen molar-refractivity contribution in [3.05, 3.63) is 76.8 Å². The Morgan fingerprint density at radius 1 is 1.02 bits per heavy atom. The lowest BCUT2D eigenvalue weighted by Crippen LogP contribution is -2.49. The van der Waals surface area contributed by atoms with E-state index in [9.17, 15) is 19.2 Å². The summed E-state index contributed by atoms with van der Waals surface area (Å²) in [6, 6.07) is 13.9. The minimum atomic E-state index is -1.11. The summed E-state index contributed by atoms with van der Waals surface area (Å²) < 4.78 is 22.6. The van der Waals surface area contributed by atoms with E-state index in [1.165, 1.54) is 13.2 Å². The second-order valence-corrected chi connectivity index (χ2v) is 12.3. The minimum Gasteiger partial charge on any atom is -0.495 e. The van der Waals surface area contributed by atoms with Crippen molar-refractivity contribution in [2.75, 3.05) is 13.7 Å². The van der Waals surface area contributed by atoms with Gasteiger partial charge in [-0.25, -0.2) is 4.79 Å². The number of carbonyl (C=O) groups excluding carboxylic acids is 4. The zero-order valence-corrected chi connectivity index (χ0v) is 26.8. The largest absolute Gasteiger partial charge is 0.495 e. The monoisotopic (exact) mass is 640 g/mol. The fraction of sp³-hybridized carbons (Fsp3) is 0.471. The lowest BCUT2D eigenvalue weighted by molar-refractivity contribution is -0.174. The first-order valence-electron chi connectivity index (χ1n) is 15.2. The molecule has 6 atom stereocenters. The molecule has 0 aromatic heterocycles. The van der Waals surface area contributed by atoms with Crippen LogP contribution in [0.5, 0.6) is 5.75 Å². The highest BCUT2D eigenvalue weighted by Crippen LogP contribution is 2.42. The Morgan fingerprint density at radius 3 is 2.47 bits per heavy atom. The normalized spacial score (nSPS) is 26.4. The first-order valence-corrected chi connectivity index (χ1v) is 15.6. The molecule has 2 aliphatic rings.